The summed E-state index contributed by atoms with van der Waals surface area (Å²) < 4.78 is 13.2. The second-order valence-electron chi connectivity index (χ2n) is 8.69. The molecule has 0 radical (unpaired) electrons. The van der Waals surface area contributed by atoms with Gasteiger partial charge < -0.3 is 15.2 Å². The molecule has 0 saturated carbocycles. The Morgan fingerprint density at radius 3 is 2.68 bits per heavy atom. The summed E-state index contributed by atoms with van der Waals surface area (Å²) in [6.07, 6.45) is 14.9. The summed E-state index contributed by atoms with van der Waals surface area (Å²) in [4.78, 5) is 4.39. The topological polar surface area (TPSA) is 57.4 Å². The molecule has 1 aromatic heterocycles. The molecule has 3 heterocycles. The predicted octanol–water partition coefficient (Wildman–Crippen LogP) is 6.95. The van der Waals surface area contributed by atoms with Gasteiger partial charge in [0.05, 0.1) is 28.3 Å². The Hall–Kier alpha value is -3.83. The number of rotatable bonds is 5. The number of thiazole rings is 1. The molecule has 168 valence electrons. The van der Waals surface area contributed by atoms with Crippen LogP contribution in [0.4, 0.5) is 0 Å². The van der Waals surface area contributed by atoms with Gasteiger partial charge in [-0.05, 0) is 83.3 Å². The molecule has 2 N–H and O–H groups in total. The maximum absolute atomic E-state index is 6.25. The molecule has 6 rings (SSSR count). The Balaban J connectivity index is 1.34. The Kier molecular flexibility index (Phi) is 5.19. The summed E-state index contributed by atoms with van der Waals surface area (Å²) in [6.45, 7) is 0. The van der Waals surface area contributed by atoms with Crippen molar-refractivity contribution in [2.45, 2.75) is 24.5 Å². The molecule has 0 fully saturated rings. The van der Waals surface area contributed by atoms with E-state index in [9.17, 15) is 0 Å². The highest BCUT2D eigenvalue weighted by molar-refractivity contribution is 7.16. The molecule has 2 atom stereocenters. The first-order valence-electron chi connectivity index (χ1n) is 11.4. The number of aromatic nitrogens is 1. The zero-order valence-electron chi connectivity index (χ0n) is 18.6. The van der Waals surface area contributed by atoms with E-state index in [1.165, 1.54) is 26.6 Å². The Bertz CT molecular complexity index is 1500. The van der Waals surface area contributed by atoms with Gasteiger partial charge in [-0.3, -0.25) is 0 Å². The zero-order chi connectivity index (χ0) is 23.0. The van der Waals surface area contributed by atoms with E-state index >= 15 is 0 Å². The Morgan fingerprint density at radius 1 is 0.941 bits per heavy atom. The number of fused-ring (bicyclic) bond motifs is 2. The van der Waals surface area contributed by atoms with Crippen LogP contribution in [0.3, 0.4) is 0 Å². The third kappa shape index (κ3) is 3.88. The lowest BCUT2D eigenvalue weighted by Gasteiger charge is -2.34. The molecule has 4 nitrogen and oxygen atoms in total. The lowest BCUT2D eigenvalue weighted by Crippen LogP contribution is -2.30. The van der Waals surface area contributed by atoms with Crippen molar-refractivity contribution in [2.24, 2.45) is 5.73 Å². The van der Waals surface area contributed by atoms with E-state index in [2.05, 4.69) is 65.7 Å². The van der Waals surface area contributed by atoms with Crippen LogP contribution in [0.25, 0.3) is 32.1 Å². The third-order valence-corrected chi connectivity index (χ3v) is 7.29. The van der Waals surface area contributed by atoms with Crippen molar-refractivity contribution in [1.29, 1.82) is 0 Å². The maximum atomic E-state index is 6.25. The first-order valence-corrected chi connectivity index (χ1v) is 12.3. The van der Waals surface area contributed by atoms with Gasteiger partial charge in [-0.1, -0.05) is 36.4 Å². The van der Waals surface area contributed by atoms with Gasteiger partial charge in [0, 0.05) is 11.3 Å². The summed E-state index contributed by atoms with van der Waals surface area (Å²) in [7, 11) is 0. The van der Waals surface area contributed by atoms with Crippen molar-refractivity contribution in [3.8, 4) is 11.1 Å². The van der Waals surface area contributed by atoms with Gasteiger partial charge in [-0.15, -0.1) is 11.3 Å². The molecule has 0 bridgehead atoms. The van der Waals surface area contributed by atoms with Gasteiger partial charge in [0.25, 0.3) is 0 Å². The molecule has 0 aliphatic carbocycles. The molecule has 3 aromatic carbocycles. The van der Waals surface area contributed by atoms with Crippen molar-refractivity contribution in [3.63, 3.8) is 0 Å². The quantitative estimate of drug-likeness (QED) is 0.347. The summed E-state index contributed by atoms with van der Waals surface area (Å²) >= 11 is 1.67. The average Bonchev–Trinajstić information content (AvgIpc) is 3.36. The minimum Gasteiger partial charge on any atom is -0.494 e. The molecule has 34 heavy (non-hydrogen) atoms. The standard InChI is InChI=1S/C29H24N2O2S/c30-25-11-14-33-29(18-25,12-10-26-3-1-2-13-32-26)24-8-6-21-15-20(4-5-22(21)16-24)23-7-9-27-28(17-23)34-19-31-27/h1-9,11,13-19,26H,10,12,30H2. The van der Waals surface area contributed by atoms with Crippen LogP contribution >= 0.6 is 11.3 Å². The van der Waals surface area contributed by atoms with Gasteiger partial charge in [-0.2, -0.15) is 0 Å². The van der Waals surface area contributed by atoms with E-state index in [1.54, 1.807) is 29.9 Å². The first kappa shape index (κ1) is 20.8. The van der Waals surface area contributed by atoms with Crippen molar-refractivity contribution in [1.82, 2.24) is 4.98 Å². The molecule has 2 aliphatic rings. The fourth-order valence-electron chi connectivity index (χ4n) is 4.68. The first-order chi connectivity index (χ1) is 16.7. The van der Waals surface area contributed by atoms with Gasteiger partial charge >= 0.3 is 0 Å². The van der Waals surface area contributed by atoms with Crippen molar-refractivity contribution >= 4 is 32.3 Å². The molecule has 2 aliphatic heterocycles. The molecular weight excluding hydrogens is 440 g/mol. The second-order valence-corrected chi connectivity index (χ2v) is 9.58. The van der Waals surface area contributed by atoms with Crippen LogP contribution in [0, 0.1) is 0 Å². The van der Waals surface area contributed by atoms with Crippen molar-refractivity contribution < 1.29 is 9.47 Å². The number of nitrogens with zero attached hydrogens (tertiary/aromatic N) is 1. The number of ether oxygens (including phenoxy) is 2. The summed E-state index contributed by atoms with van der Waals surface area (Å²) in [6, 6.07) is 19.6. The fourth-order valence-corrected chi connectivity index (χ4v) is 5.40. The maximum Gasteiger partial charge on any atom is 0.154 e. The number of nitrogens with two attached hydrogens (primary N) is 1. The van der Waals surface area contributed by atoms with Crippen LogP contribution in [-0.2, 0) is 15.1 Å². The lowest BCUT2D eigenvalue weighted by atomic mass is 9.84. The monoisotopic (exact) mass is 464 g/mol. The minimum atomic E-state index is -0.624. The second kappa shape index (κ2) is 8.50. The van der Waals surface area contributed by atoms with Crippen LogP contribution in [0.1, 0.15) is 18.4 Å². The largest absolute Gasteiger partial charge is 0.494 e. The van der Waals surface area contributed by atoms with Gasteiger partial charge in [-0.25, -0.2) is 4.98 Å². The van der Waals surface area contributed by atoms with E-state index in [0.717, 1.165) is 23.9 Å². The van der Waals surface area contributed by atoms with Gasteiger partial charge in [0.15, 0.2) is 5.60 Å². The van der Waals surface area contributed by atoms with Gasteiger partial charge in [0.1, 0.15) is 6.10 Å². The Morgan fingerprint density at radius 2 is 1.79 bits per heavy atom. The van der Waals surface area contributed by atoms with Crippen LogP contribution in [-0.4, -0.2) is 11.1 Å². The number of benzene rings is 3. The number of allylic oxidation sites excluding steroid dienone is 3. The van der Waals surface area contributed by atoms with E-state index in [0.29, 0.717) is 5.70 Å². The van der Waals surface area contributed by atoms with E-state index in [-0.39, 0.29) is 6.10 Å². The summed E-state index contributed by atoms with van der Waals surface area (Å²) in [5.74, 6) is 0. The molecule has 2 unspecified atom stereocenters. The third-order valence-electron chi connectivity index (χ3n) is 6.50. The predicted molar refractivity (Wildman–Crippen MR) is 139 cm³/mol. The molecule has 4 aromatic rings. The molecule has 5 heteroatoms. The van der Waals surface area contributed by atoms with Crippen molar-refractivity contribution in [3.05, 3.63) is 114 Å². The molecule has 0 spiro atoms. The van der Waals surface area contributed by atoms with E-state index < -0.39 is 5.60 Å². The van der Waals surface area contributed by atoms with Crippen molar-refractivity contribution in [2.75, 3.05) is 0 Å². The highest BCUT2D eigenvalue weighted by Gasteiger charge is 2.34. The van der Waals surface area contributed by atoms with Crippen LogP contribution in [0.2, 0.25) is 0 Å². The van der Waals surface area contributed by atoms with E-state index in [1.807, 2.05) is 23.7 Å². The number of hydrogen-bond acceptors (Lipinski definition) is 5. The summed E-state index contributed by atoms with van der Waals surface area (Å²) in [5.41, 5.74) is 12.7. The molecule has 0 saturated heterocycles. The van der Waals surface area contributed by atoms with Crippen LogP contribution in [0.15, 0.2) is 109 Å². The highest BCUT2D eigenvalue weighted by atomic mass is 32.1. The average molecular weight is 465 g/mol. The highest BCUT2D eigenvalue weighted by Crippen LogP contribution is 2.39. The van der Waals surface area contributed by atoms with Gasteiger partial charge in [0.2, 0.25) is 0 Å². The van der Waals surface area contributed by atoms with Crippen LogP contribution in [0.5, 0.6) is 0 Å². The summed E-state index contributed by atoms with van der Waals surface area (Å²) in [5, 5.41) is 2.36. The smallest absolute Gasteiger partial charge is 0.154 e. The number of hydrogen-bond donors (Lipinski definition) is 1. The SMILES string of the molecule is NC1=CC(CCC2C=CC=CO2)(c2ccc3cc(-c4ccc5ncsc5c4)ccc3c2)OC=C1. The lowest BCUT2D eigenvalue weighted by molar-refractivity contribution is 0.0378. The molecule has 0 amide bonds. The zero-order valence-corrected chi connectivity index (χ0v) is 19.4. The molecular formula is C29H24N2O2S. The van der Waals surface area contributed by atoms with Crippen LogP contribution < -0.4 is 5.73 Å². The minimum absolute atomic E-state index is 0.0323. The normalized spacial score (nSPS) is 21.4. The Labute approximate surface area is 202 Å². The fraction of sp³-hybridized carbons (Fsp3) is 0.138. The van der Waals surface area contributed by atoms with E-state index in [4.69, 9.17) is 15.2 Å².